The number of benzene rings is 1. The fourth-order valence-electron chi connectivity index (χ4n) is 1.31. The van der Waals surface area contributed by atoms with Gasteiger partial charge in [0, 0.05) is 19.0 Å². The molecule has 0 saturated carbocycles. The first-order valence-electron chi connectivity index (χ1n) is 5.41. The molecule has 5 heteroatoms. The number of rotatable bonds is 5. The average molecular weight is 237 g/mol. The summed E-state index contributed by atoms with van der Waals surface area (Å²) in [5.74, 6) is 0.612. The van der Waals surface area contributed by atoms with Crippen LogP contribution in [0.3, 0.4) is 0 Å². The van der Waals surface area contributed by atoms with Gasteiger partial charge in [-0.1, -0.05) is 0 Å². The molecule has 0 aliphatic heterocycles. The van der Waals surface area contributed by atoms with Crippen molar-refractivity contribution in [3.05, 3.63) is 18.2 Å². The predicted octanol–water partition coefficient (Wildman–Crippen LogP) is 1.17. The Labute approximate surface area is 102 Å². The molecule has 0 aliphatic carbocycles. The maximum absolute atomic E-state index is 11.6. The Morgan fingerprint density at radius 1 is 1.47 bits per heavy atom. The Morgan fingerprint density at radius 3 is 2.76 bits per heavy atom. The van der Waals surface area contributed by atoms with Crippen LogP contribution >= 0.6 is 0 Å². The zero-order valence-electron chi connectivity index (χ0n) is 10.5. The molecule has 94 valence electrons. The van der Waals surface area contributed by atoms with Crippen LogP contribution in [-0.4, -0.2) is 38.6 Å². The third-order valence-electron chi connectivity index (χ3n) is 2.32. The van der Waals surface area contributed by atoms with Gasteiger partial charge in [0.15, 0.2) is 0 Å². The van der Waals surface area contributed by atoms with Crippen molar-refractivity contribution in [2.45, 2.75) is 6.42 Å². The van der Waals surface area contributed by atoms with Gasteiger partial charge in [-0.2, -0.15) is 0 Å². The number of nitrogen functional groups attached to an aromatic ring is 1. The molecule has 5 nitrogen and oxygen atoms in total. The molecule has 0 fully saturated rings. The molecule has 0 atom stereocenters. The van der Waals surface area contributed by atoms with Crippen LogP contribution in [-0.2, 0) is 4.79 Å². The van der Waals surface area contributed by atoms with E-state index in [0.29, 0.717) is 30.1 Å². The molecule has 0 unspecified atom stereocenters. The van der Waals surface area contributed by atoms with Gasteiger partial charge in [0.2, 0.25) is 5.91 Å². The Balaban J connectivity index is 2.64. The third kappa shape index (κ3) is 4.32. The third-order valence-corrected chi connectivity index (χ3v) is 2.32. The van der Waals surface area contributed by atoms with E-state index in [9.17, 15) is 4.79 Å². The number of carbonyl (C=O) groups is 1. The minimum atomic E-state index is -0.0568. The zero-order chi connectivity index (χ0) is 12.8. The Hall–Kier alpha value is -1.75. The number of nitrogens with two attached hydrogens (primary N) is 1. The summed E-state index contributed by atoms with van der Waals surface area (Å²) in [6.07, 6.45) is 0.434. The van der Waals surface area contributed by atoms with E-state index in [1.54, 1.807) is 25.3 Å². The number of hydrogen-bond acceptors (Lipinski definition) is 4. The molecule has 1 aromatic rings. The van der Waals surface area contributed by atoms with Gasteiger partial charge in [-0.15, -0.1) is 0 Å². The van der Waals surface area contributed by atoms with Gasteiger partial charge < -0.3 is 20.7 Å². The normalized spacial score (nSPS) is 10.4. The molecule has 0 aromatic heterocycles. The number of hydrogen-bond donors (Lipinski definition) is 2. The summed E-state index contributed by atoms with van der Waals surface area (Å²) >= 11 is 0. The van der Waals surface area contributed by atoms with E-state index >= 15 is 0 Å². The van der Waals surface area contributed by atoms with Gasteiger partial charge in [-0.3, -0.25) is 4.79 Å². The summed E-state index contributed by atoms with van der Waals surface area (Å²) in [5.41, 5.74) is 6.89. The molecule has 1 aromatic carbocycles. The summed E-state index contributed by atoms with van der Waals surface area (Å²) in [7, 11) is 5.42. The molecule has 0 saturated heterocycles. The highest BCUT2D eigenvalue weighted by Gasteiger charge is 2.06. The fourth-order valence-corrected chi connectivity index (χ4v) is 1.31. The number of nitrogens with zero attached hydrogens (tertiary/aromatic N) is 1. The van der Waals surface area contributed by atoms with Crippen LogP contribution in [0.25, 0.3) is 0 Å². The highest BCUT2D eigenvalue weighted by molar-refractivity contribution is 5.94. The van der Waals surface area contributed by atoms with Gasteiger partial charge in [-0.05, 0) is 26.2 Å². The van der Waals surface area contributed by atoms with Crippen molar-refractivity contribution in [2.24, 2.45) is 0 Å². The SMILES string of the molecule is COc1ccc(N)c(NC(=O)CCN(C)C)c1. The second-order valence-corrected chi connectivity index (χ2v) is 4.05. The first-order chi connectivity index (χ1) is 8.02. The molecular weight excluding hydrogens is 218 g/mol. The lowest BCUT2D eigenvalue weighted by Crippen LogP contribution is -2.21. The standard InChI is InChI=1S/C12H19N3O2/c1-15(2)7-6-12(16)14-11-8-9(17-3)4-5-10(11)13/h4-5,8H,6-7,13H2,1-3H3,(H,14,16). The second kappa shape index (κ2) is 6.10. The average Bonchev–Trinajstić information content (AvgIpc) is 2.29. The second-order valence-electron chi connectivity index (χ2n) is 4.05. The lowest BCUT2D eigenvalue weighted by molar-refractivity contribution is -0.116. The number of amides is 1. The minimum absolute atomic E-state index is 0.0568. The summed E-state index contributed by atoms with van der Waals surface area (Å²) in [4.78, 5) is 13.6. The van der Waals surface area contributed by atoms with E-state index in [0.717, 1.165) is 0 Å². The van der Waals surface area contributed by atoms with Crippen LogP contribution in [0.2, 0.25) is 0 Å². The van der Waals surface area contributed by atoms with Gasteiger partial charge in [0.1, 0.15) is 5.75 Å². The Kier molecular flexibility index (Phi) is 4.78. The lowest BCUT2D eigenvalue weighted by Gasteiger charge is -2.12. The topological polar surface area (TPSA) is 67.6 Å². The fraction of sp³-hybridized carbons (Fsp3) is 0.417. The van der Waals surface area contributed by atoms with Crippen molar-refractivity contribution >= 4 is 17.3 Å². The van der Waals surface area contributed by atoms with Crippen LogP contribution in [0.4, 0.5) is 11.4 Å². The largest absolute Gasteiger partial charge is 0.497 e. The van der Waals surface area contributed by atoms with Crippen molar-refractivity contribution in [1.82, 2.24) is 4.90 Å². The molecular formula is C12H19N3O2. The Bertz CT molecular complexity index is 391. The molecule has 0 radical (unpaired) electrons. The molecule has 1 rings (SSSR count). The number of ether oxygens (including phenoxy) is 1. The van der Waals surface area contributed by atoms with Crippen LogP contribution in [0.5, 0.6) is 5.75 Å². The van der Waals surface area contributed by atoms with Gasteiger partial charge >= 0.3 is 0 Å². The van der Waals surface area contributed by atoms with Gasteiger partial charge in [0.25, 0.3) is 0 Å². The lowest BCUT2D eigenvalue weighted by atomic mass is 10.2. The van der Waals surface area contributed by atoms with Crippen LogP contribution in [0.15, 0.2) is 18.2 Å². The monoisotopic (exact) mass is 237 g/mol. The summed E-state index contributed by atoms with van der Waals surface area (Å²) < 4.78 is 5.07. The molecule has 1 amide bonds. The summed E-state index contributed by atoms with van der Waals surface area (Å²) in [5, 5.41) is 2.77. The van der Waals surface area contributed by atoms with Crippen molar-refractivity contribution in [1.29, 1.82) is 0 Å². The van der Waals surface area contributed by atoms with Crippen LogP contribution < -0.4 is 15.8 Å². The molecule has 0 spiro atoms. The van der Waals surface area contributed by atoms with E-state index < -0.39 is 0 Å². The first kappa shape index (κ1) is 13.3. The van der Waals surface area contributed by atoms with Gasteiger partial charge in [-0.25, -0.2) is 0 Å². The molecule has 3 N–H and O–H groups in total. The smallest absolute Gasteiger partial charge is 0.225 e. The van der Waals surface area contributed by atoms with E-state index in [1.807, 2.05) is 19.0 Å². The van der Waals surface area contributed by atoms with Crippen LogP contribution in [0, 0.1) is 0 Å². The highest BCUT2D eigenvalue weighted by atomic mass is 16.5. The maximum Gasteiger partial charge on any atom is 0.225 e. The first-order valence-corrected chi connectivity index (χ1v) is 5.41. The Morgan fingerprint density at radius 2 is 2.18 bits per heavy atom. The number of methoxy groups -OCH3 is 1. The van der Waals surface area contributed by atoms with Crippen molar-refractivity contribution in [3.8, 4) is 5.75 Å². The molecule has 0 bridgehead atoms. The van der Waals surface area contributed by atoms with Gasteiger partial charge in [0.05, 0.1) is 18.5 Å². The van der Waals surface area contributed by atoms with E-state index in [-0.39, 0.29) is 5.91 Å². The summed E-state index contributed by atoms with van der Waals surface area (Å²) in [6.45, 7) is 0.704. The molecule has 0 aliphatic rings. The minimum Gasteiger partial charge on any atom is -0.497 e. The number of anilines is 2. The molecule has 17 heavy (non-hydrogen) atoms. The van der Waals surface area contributed by atoms with Crippen molar-refractivity contribution in [2.75, 3.05) is 38.8 Å². The number of nitrogens with one attached hydrogen (secondary N) is 1. The summed E-state index contributed by atoms with van der Waals surface area (Å²) in [6, 6.07) is 5.17. The van der Waals surface area contributed by atoms with E-state index in [4.69, 9.17) is 10.5 Å². The van der Waals surface area contributed by atoms with Crippen molar-refractivity contribution in [3.63, 3.8) is 0 Å². The quantitative estimate of drug-likeness (QED) is 0.754. The zero-order valence-corrected chi connectivity index (χ0v) is 10.5. The maximum atomic E-state index is 11.6. The van der Waals surface area contributed by atoms with E-state index in [1.165, 1.54) is 0 Å². The number of carbonyl (C=O) groups excluding carboxylic acids is 1. The van der Waals surface area contributed by atoms with Crippen molar-refractivity contribution < 1.29 is 9.53 Å². The molecule has 0 heterocycles. The van der Waals surface area contributed by atoms with E-state index in [2.05, 4.69) is 5.32 Å². The highest BCUT2D eigenvalue weighted by Crippen LogP contribution is 2.24. The van der Waals surface area contributed by atoms with Crippen LogP contribution in [0.1, 0.15) is 6.42 Å². The predicted molar refractivity (Wildman–Crippen MR) is 69.2 cm³/mol.